The average molecular weight is 703 g/mol. The van der Waals surface area contributed by atoms with E-state index in [1.165, 1.54) is 27.5 Å². The zero-order chi connectivity index (χ0) is 28.0. The molecule has 1 aliphatic carbocycles. The predicted molar refractivity (Wildman–Crippen MR) is 164 cm³/mol. The van der Waals surface area contributed by atoms with Crippen LogP contribution in [0.1, 0.15) is 63.8 Å². The van der Waals surface area contributed by atoms with Gasteiger partial charge in [-0.05, 0) is 61.7 Å². The standard InChI is InChI=1S/C26H30N.C11H8N.Ir/c1-16-11-17(2)13-19(12-16)23-20-15-22-21(14-18(20)9-10-27-23)24(3,4)26(7,8)25(22,5)6;1-2-6-10(7-3-1)11-8-4-5-9-12-11;/h9-12,14-15H,1-8H3;1-6,8-9H;/q2*-1;. The van der Waals surface area contributed by atoms with Gasteiger partial charge in [0.25, 0.3) is 0 Å². The minimum atomic E-state index is 0. The predicted octanol–water partition coefficient (Wildman–Crippen LogP) is 9.46. The molecule has 0 N–H and O–H groups in total. The van der Waals surface area contributed by atoms with Gasteiger partial charge in [0.2, 0.25) is 0 Å². The third kappa shape index (κ3) is 5.06. The maximum atomic E-state index is 4.77. The molecule has 0 aliphatic heterocycles. The van der Waals surface area contributed by atoms with Gasteiger partial charge in [0, 0.05) is 32.5 Å². The molecule has 3 heteroatoms. The molecule has 0 bridgehead atoms. The van der Waals surface area contributed by atoms with E-state index in [0.29, 0.717) is 0 Å². The van der Waals surface area contributed by atoms with Crippen LogP contribution in [-0.4, -0.2) is 9.97 Å². The summed E-state index contributed by atoms with van der Waals surface area (Å²) < 4.78 is 0. The Bertz CT molecular complexity index is 1580. The molecule has 1 aliphatic rings. The third-order valence-electron chi connectivity index (χ3n) is 9.43. The van der Waals surface area contributed by atoms with Crippen LogP contribution in [0.25, 0.3) is 33.3 Å². The van der Waals surface area contributed by atoms with Crippen molar-refractivity contribution in [2.75, 3.05) is 0 Å². The largest absolute Gasteiger partial charge is 0.305 e. The fraction of sp³-hybridized carbons (Fsp3) is 0.297. The monoisotopic (exact) mass is 703 g/mol. The molecule has 0 saturated heterocycles. The molecular weight excluding hydrogens is 665 g/mol. The molecule has 207 valence electrons. The first-order valence-electron chi connectivity index (χ1n) is 13.8. The summed E-state index contributed by atoms with van der Waals surface area (Å²) in [5, 5.41) is 2.51. The van der Waals surface area contributed by atoms with E-state index in [-0.39, 0.29) is 36.4 Å². The zero-order valence-electron chi connectivity index (χ0n) is 24.8. The van der Waals surface area contributed by atoms with E-state index in [4.69, 9.17) is 4.98 Å². The van der Waals surface area contributed by atoms with Crippen molar-refractivity contribution in [1.82, 2.24) is 9.97 Å². The Balaban J connectivity index is 0.000000238. The summed E-state index contributed by atoms with van der Waals surface area (Å²) in [6, 6.07) is 31.7. The van der Waals surface area contributed by atoms with Crippen LogP contribution in [0.15, 0.2) is 85.2 Å². The second kappa shape index (κ2) is 11.0. The van der Waals surface area contributed by atoms with Crippen molar-refractivity contribution in [1.29, 1.82) is 0 Å². The summed E-state index contributed by atoms with van der Waals surface area (Å²) in [5.41, 5.74) is 9.88. The first-order valence-corrected chi connectivity index (χ1v) is 13.8. The zero-order valence-corrected chi connectivity index (χ0v) is 27.2. The number of fused-ring (bicyclic) bond motifs is 2. The maximum absolute atomic E-state index is 4.77. The van der Waals surface area contributed by atoms with Crippen molar-refractivity contribution in [3.05, 3.63) is 120 Å². The van der Waals surface area contributed by atoms with Gasteiger partial charge in [-0.3, -0.25) is 0 Å². The SMILES string of the molecule is Cc1[c-]c(-c2nccc3cc4c(cc23)C(C)(C)C(C)(C)C4(C)C)cc(C)c1.[Ir].[c-]1ccccc1-c1ccccn1. The maximum Gasteiger partial charge on any atom is 0.0167 e. The van der Waals surface area contributed by atoms with Crippen molar-refractivity contribution >= 4 is 10.8 Å². The van der Waals surface area contributed by atoms with Gasteiger partial charge in [0.15, 0.2) is 0 Å². The van der Waals surface area contributed by atoms with Crippen LogP contribution in [0.3, 0.4) is 0 Å². The van der Waals surface area contributed by atoms with Crippen LogP contribution in [0.4, 0.5) is 0 Å². The van der Waals surface area contributed by atoms with Gasteiger partial charge in [-0.2, -0.15) is 0 Å². The number of hydrogen-bond donors (Lipinski definition) is 0. The molecule has 0 saturated carbocycles. The summed E-state index contributed by atoms with van der Waals surface area (Å²) in [6.07, 6.45) is 3.73. The molecule has 2 aromatic heterocycles. The molecule has 2 nitrogen and oxygen atoms in total. The third-order valence-corrected chi connectivity index (χ3v) is 9.43. The second-order valence-electron chi connectivity index (χ2n) is 12.4. The topological polar surface area (TPSA) is 25.8 Å². The summed E-state index contributed by atoms with van der Waals surface area (Å²) in [4.78, 5) is 8.99. The smallest absolute Gasteiger partial charge is 0.0167 e. The number of benzene rings is 3. The summed E-state index contributed by atoms with van der Waals surface area (Å²) in [7, 11) is 0. The van der Waals surface area contributed by atoms with Gasteiger partial charge in [0.1, 0.15) is 0 Å². The molecule has 0 amide bonds. The number of aryl methyl sites for hydroxylation is 2. The van der Waals surface area contributed by atoms with E-state index in [0.717, 1.165) is 28.1 Å². The summed E-state index contributed by atoms with van der Waals surface area (Å²) in [6.45, 7) is 18.6. The van der Waals surface area contributed by atoms with Crippen molar-refractivity contribution in [3.8, 4) is 22.5 Å². The van der Waals surface area contributed by atoms with Gasteiger partial charge in [-0.15, -0.1) is 70.8 Å². The molecule has 40 heavy (non-hydrogen) atoms. The van der Waals surface area contributed by atoms with Crippen molar-refractivity contribution in [2.45, 2.75) is 66.2 Å². The minimum absolute atomic E-state index is 0. The molecule has 0 unspecified atom stereocenters. The summed E-state index contributed by atoms with van der Waals surface area (Å²) in [5.74, 6) is 0. The molecule has 5 aromatic rings. The fourth-order valence-electron chi connectivity index (χ4n) is 6.02. The Morgan fingerprint density at radius 2 is 1.38 bits per heavy atom. The van der Waals surface area contributed by atoms with E-state index in [9.17, 15) is 0 Å². The molecule has 0 atom stereocenters. The molecule has 0 fully saturated rings. The second-order valence-corrected chi connectivity index (χ2v) is 12.4. The van der Waals surface area contributed by atoms with Gasteiger partial charge in [0.05, 0.1) is 0 Å². The van der Waals surface area contributed by atoms with E-state index in [1.54, 1.807) is 6.20 Å². The van der Waals surface area contributed by atoms with E-state index in [1.807, 2.05) is 48.7 Å². The molecule has 2 heterocycles. The molecule has 0 spiro atoms. The Hall–Kier alpha value is -3.13. The van der Waals surface area contributed by atoms with Crippen LogP contribution in [-0.2, 0) is 30.9 Å². The van der Waals surface area contributed by atoms with Crippen LogP contribution in [0, 0.1) is 31.4 Å². The number of hydrogen-bond acceptors (Lipinski definition) is 2. The Morgan fingerprint density at radius 3 is 2.00 bits per heavy atom. The fourth-order valence-corrected chi connectivity index (χ4v) is 6.02. The quantitative estimate of drug-likeness (QED) is 0.171. The van der Waals surface area contributed by atoms with Gasteiger partial charge in [-0.25, -0.2) is 0 Å². The van der Waals surface area contributed by atoms with E-state index < -0.39 is 0 Å². The van der Waals surface area contributed by atoms with Crippen LogP contribution in [0.5, 0.6) is 0 Å². The van der Waals surface area contributed by atoms with Crippen LogP contribution < -0.4 is 0 Å². The average Bonchev–Trinajstić information content (AvgIpc) is 3.02. The number of rotatable bonds is 2. The van der Waals surface area contributed by atoms with E-state index >= 15 is 0 Å². The first-order chi connectivity index (χ1) is 18.4. The Morgan fingerprint density at radius 1 is 0.675 bits per heavy atom. The van der Waals surface area contributed by atoms with Crippen LogP contribution in [0.2, 0.25) is 0 Å². The van der Waals surface area contributed by atoms with Gasteiger partial charge in [-0.1, -0.05) is 79.7 Å². The van der Waals surface area contributed by atoms with Crippen molar-refractivity contribution < 1.29 is 20.1 Å². The molecule has 6 rings (SSSR count). The molecule has 1 radical (unpaired) electrons. The van der Waals surface area contributed by atoms with E-state index in [2.05, 4.69) is 103 Å². The normalized spacial score (nSPS) is 15.9. The van der Waals surface area contributed by atoms with Gasteiger partial charge >= 0.3 is 0 Å². The Labute approximate surface area is 253 Å². The van der Waals surface area contributed by atoms with Gasteiger partial charge < -0.3 is 9.97 Å². The van der Waals surface area contributed by atoms with Crippen LogP contribution >= 0.6 is 0 Å². The first kappa shape index (κ1) is 29.8. The van der Waals surface area contributed by atoms with Crippen molar-refractivity contribution in [2.24, 2.45) is 5.41 Å². The Kier molecular flexibility index (Phi) is 8.23. The number of aromatic nitrogens is 2. The van der Waals surface area contributed by atoms with Crippen molar-refractivity contribution in [3.63, 3.8) is 0 Å². The molecular formula is C37H38IrN2-2. The minimum Gasteiger partial charge on any atom is -0.305 e. The number of nitrogens with zero attached hydrogens (tertiary/aromatic N) is 2. The summed E-state index contributed by atoms with van der Waals surface area (Å²) >= 11 is 0. The number of pyridine rings is 2. The molecule has 3 aromatic carbocycles.